The third-order valence-corrected chi connectivity index (χ3v) is 1.17. The van der Waals surface area contributed by atoms with Crippen LogP contribution in [-0.4, -0.2) is 22.9 Å². The summed E-state index contributed by atoms with van der Waals surface area (Å²) < 4.78 is 0. The molecule has 10 heavy (non-hydrogen) atoms. The lowest BCUT2D eigenvalue weighted by Gasteiger charge is -2.16. The second kappa shape index (κ2) is 2.22. The lowest BCUT2D eigenvalue weighted by atomic mass is 10.5. The maximum atomic E-state index is 10.7. The first-order valence-electron chi connectivity index (χ1n) is 2.77. The molecule has 0 saturated heterocycles. The summed E-state index contributed by atoms with van der Waals surface area (Å²) >= 11 is 0. The topological polar surface area (TPSA) is 63.4 Å². The van der Waals surface area contributed by atoms with Crippen LogP contribution in [0, 0.1) is 6.92 Å². The van der Waals surface area contributed by atoms with Crippen molar-refractivity contribution in [1.82, 2.24) is 4.90 Å². The molecular formula is C6H7N2O2. The van der Waals surface area contributed by atoms with Gasteiger partial charge in [0.2, 0.25) is 0 Å². The number of rotatable bonds is 1. The number of carbonyl (C=O) groups excluding carboxylic acids is 2. The van der Waals surface area contributed by atoms with E-state index in [9.17, 15) is 9.59 Å². The van der Waals surface area contributed by atoms with E-state index in [0.717, 1.165) is 4.90 Å². The van der Waals surface area contributed by atoms with Crippen molar-refractivity contribution in [2.75, 3.05) is 0 Å². The fraction of sp³-hybridized carbons (Fsp3) is 0.167. The van der Waals surface area contributed by atoms with Crippen molar-refractivity contribution in [3.63, 3.8) is 0 Å². The molecule has 4 heteroatoms. The highest BCUT2D eigenvalue weighted by atomic mass is 16.2. The number of hydrogen-bond donors (Lipinski definition) is 1. The summed E-state index contributed by atoms with van der Waals surface area (Å²) in [5.74, 6) is -0.792. The monoisotopic (exact) mass is 139 g/mol. The van der Waals surface area contributed by atoms with Gasteiger partial charge in [0.1, 0.15) is 0 Å². The van der Waals surface area contributed by atoms with Gasteiger partial charge in [-0.25, -0.2) is 0 Å². The molecule has 2 N–H and O–H groups in total. The van der Waals surface area contributed by atoms with Crippen LogP contribution in [0.25, 0.3) is 0 Å². The summed E-state index contributed by atoms with van der Waals surface area (Å²) in [5, 5.41) is 0. The molecule has 1 atom stereocenters. The van der Waals surface area contributed by atoms with Crippen molar-refractivity contribution in [1.29, 1.82) is 0 Å². The van der Waals surface area contributed by atoms with Gasteiger partial charge in [0.25, 0.3) is 11.8 Å². The van der Waals surface area contributed by atoms with E-state index in [-0.39, 0.29) is 0 Å². The van der Waals surface area contributed by atoms with Crippen LogP contribution in [0.5, 0.6) is 0 Å². The van der Waals surface area contributed by atoms with Gasteiger partial charge >= 0.3 is 0 Å². The van der Waals surface area contributed by atoms with Gasteiger partial charge in [0.05, 0.1) is 6.17 Å². The van der Waals surface area contributed by atoms with Crippen molar-refractivity contribution in [2.24, 2.45) is 5.73 Å². The van der Waals surface area contributed by atoms with E-state index in [1.807, 2.05) is 0 Å². The lowest BCUT2D eigenvalue weighted by Crippen LogP contribution is -2.43. The molecule has 0 bridgehead atoms. The van der Waals surface area contributed by atoms with Crippen LogP contribution in [0.4, 0.5) is 0 Å². The van der Waals surface area contributed by atoms with Crippen molar-refractivity contribution in [2.45, 2.75) is 6.17 Å². The fourth-order valence-electron chi connectivity index (χ4n) is 0.739. The minimum atomic E-state index is -0.782. The maximum Gasteiger partial charge on any atom is 0.254 e. The van der Waals surface area contributed by atoms with Crippen molar-refractivity contribution in [3.05, 3.63) is 19.1 Å². The van der Waals surface area contributed by atoms with Gasteiger partial charge in [0, 0.05) is 12.2 Å². The molecule has 0 aliphatic carbocycles. The third kappa shape index (κ3) is 0.930. The fourth-order valence-corrected chi connectivity index (χ4v) is 0.739. The summed E-state index contributed by atoms with van der Waals surface area (Å²) in [7, 11) is 0. The molecule has 1 aliphatic rings. The van der Waals surface area contributed by atoms with Crippen LogP contribution in [0.15, 0.2) is 12.2 Å². The van der Waals surface area contributed by atoms with E-state index in [0.29, 0.717) is 0 Å². The number of imide groups is 1. The highest BCUT2D eigenvalue weighted by Crippen LogP contribution is 2.04. The zero-order chi connectivity index (χ0) is 7.72. The van der Waals surface area contributed by atoms with Crippen LogP contribution in [0.1, 0.15) is 0 Å². The molecule has 0 saturated carbocycles. The van der Waals surface area contributed by atoms with Gasteiger partial charge < -0.3 is 5.73 Å². The van der Waals surface area contributed by atoms with Gasteiger partial charge in [-0.05, 0) is 6.92 Å². The number of hydrogen-bond acceptors (Lipinski definition) is 3. The largest absolute Gasteiger partial charge is 0.311 e. The summed E-state index contributed by atoms with van der Waals surface area (Å²) in [5.41, 5.74) is 5.21. The average molecular weight is 139 g/mol. The van der Waals surface area contributed by atoms with Crippen LogP contribution in [0.3, 0.4) is 0 Å². The standard InChI is InChI=1S/C6H7N2O2/c1-4(7)8-5(9)2-3-6(8)10/h2-4H,1,7H2. The number of nitrogens with zero attached hydrogens (tertiary/aromatic N) is 1. The Morgan fingerprint density at radius 2 is 1.80 bits per heavy atom. The van der Waals surface area contributed by atoms with E-state index in [1.54, 1.807) is 0 Å². The van der Waals surface area contributed by atoms with Crippen LogP contribution >= 0.6 is 0 Å². The Morgan fingerprint density at radius 3 is 2.00 bits per heavy atom. The molecule has 1 heterocycles. The number of carbonyl (C=O) groups is 2. The zero-order valence-corrected chi connectivity index (χ0v) is 5.28. The summed E-state index contributed by atoms with van der Waals surface area (Å²) in [4.78, 5) is 22.3. The molecule has 53 valence electrons. The first-order chi connectivity index (χ1) is 4.63. The first-order valence-corrected chi connectivity index (χ1v) is 2.77. The normalized spacial score (nSPS) is 20.4. The van der Waals surface area contributed by atoms with Crippen LogP contribution in [0.2, 0.25) is 0 Å². The molecule has 0 spiro atoms. The van der Waals surface area contributed by atoms with Crippen molar-refractivity contribution < 1.29 is 9.59 Å². The van der Waals surface area contributed by atoms with Crippen molar-refractivity contribution >= 4 is 11.8 Å². The third-order valence-electron chi connectivity index (χ3n) is 1.17. The second-order valence-corrected chi connectivity index (χ2v) is 1.95. The summed E-state index contributed by atoms with van der Waals surface area (Å²) in [6.45, 7) is 3.34. The maximum absolute atomic E-state index is 10.7. The Kier molecular flexibility index (Phi) is 1.55. The highest BCUT2D eigenvalue weighted by molar-refractivity contribution is 6.13. The minimum absolute atomic E-state index is 0.396. The van der Waals surface area contributed by atoms with Gasteiger partial charge in [0.15, 0.2) is 0 Å². The molecule has 2 amide bonds. The molecule has 0 fully saturated rings. The van der Waals surface area contributed by atoms with Gasteiger partial charge in [-0.2, -0.15) is 0 Å². The lowest BCUT2D eigenvalue weighted by molar-refractivity contribution is -0.138. The zero-order valence-electron chi connectivity index (χ0n) is 5.28. The van der Waals surface area contributed by atoms with Crippen LogP contribution in [-0.2, 0) is 9.59 Å². The molecular weight excluding hydrogens is 132 g/mol. The Labute approximate surface area is 58.3 Å². The van der Waals surface area contributed by atoms with Gasteiger partial charge in [-0.1, -0.05) is 0 Å². The van der Waals surface area contributed by atoms with E-state index >= 15 is 0 Å². The molecule has 0 aromatic heterocycles. The second-order valence-electron chi connectivity index (χ2n) is 1.95. The Bertz CT molecular complexity index is 190. The van der Waals surface area contributed by atoms with E-state index in [4.69, 9.17) is 5.73 Å². The predicted molar refractivity (Wildman–Crippen MR) is 34.3 cm³/mol. The molecule has 4 nitrogen and oxygen atoms in total. The van der Waals surface area contributed by atoms with E-state index < -0.39 is 18.0 Å². The smallest absolute Gasteiger partial charge is 0.254 e. The number of nitrogens with two attached hydrogens (primary N) is 1. The summed E-state index contributed by atoms with van der Waals surface area (Å²) in [6.07, 6.45) is 1.57. The quantitative estimate of drug-likeness (QED) is 0.475. The average Bonchev–Trinajstić information content (AvgIpc) is 2.11. The highest BCUT2D eigenvalue weighted by Gasteiger charge is 2.25. The van der Waals surface area contributed by atoms with Crippen molar-refractivity contribution in [3.8, 4) is 0 Å². The minimum Gasteiger partial charge on any atom is -0.311 e. The van der Waals surface area contributed by atoms with E-state index in [2.05, 4.69) is 6.92 Å². The SMILES string of the molecule is [CH2]C(N)N1C(=O)C=CC1=O. The molecule has 0 aromatic rings. The number of amides is 2. The molecule has 0 aromatic carbocycles. The first kappa shape index (κ1) is 6.95. The van der Waals surface area contributed by atoms with Gasteiger partial charge in [-0.15, -0.1) is 0 Å². The van der Waals surface area contributed by atoms with E-state index in [1.165, 1.54) is 12.2 Å². The Balaban J connectivity index is 2.79. The molecule has 1 radical (unpaired) electrons. The molecule has 1 rings (SSSR count). The Hall–Kier alpha value is -1.16. The molecule has 1 unspecified atom stereocenters. The predicted octanol–water partition coefficient (Wildman–Crippen LogP) is -0.970. The van der Waals surface area contributed by atoms with Gasteiger partial charge in [-0.3, -0.25) is 14.5 Å². The summed E-state index contributed by atoms with van der Waals surface area (Å²) in [6, 6.07) is 0. The Morgan fingerprint density at radius 1 is 1.40 bits per heavy atom. The molecule has 1 aliphatic heterocycles. The van der Waals surface area contributed by atoms with Crippen LogP contribution < -0.4 is 5.73 Å².